The lowest BCUT2D eigenvalue weighted by Gasteiger charge is -2.32. The number of nitrogens with zero attached hydrogens (tertiary/aromatic N) is 1. The molecular formula is C22H29BF4N2O4. The monoisotopic (exact) mass is 472 g/mol. The summed E-state index contributed by atoms with van der Waals surface area (Å²) in [6.45, 7) is 8.78. The zero-order chi connectivity index (χ0) is 24.7. The minimum absolute atomic E-state index is 0.0807. The summed E-state index contributed by atoms with van der Waals surface area (Å²) in [4.78, 5) is 12.3. The molecule has 0 radical (unpaired) electrons. The minimum atomic E-state index is -4.45. The average molecular weight is 472 g/mol. The Morgan fingerprint density at radius 3 is 2.27 bits per heavy atom. The van der Waals surface area contributed by atoms with Gasteiger partial charge in [-0.1, -0.05) is 24.2 Å². The number of carbonyl (C=O) groups excluding carboxylic acids is 1. The van der Waals surface area contributed by atoms with E-state index in [4.69, 9.17) is 13.8 Å². The van der Waals surface area contributed by atoms with Gasteiger partial charge in [-0.2, -0.15) is 13.2 Å². The summed E-state index contributed by atoms with van der Waals surface area (Å²) >= 11 is 0. The Kier molecular flexibility index (Phi) is 6.88. The summed E-state index contributed by atoms with van der Waals surface area (Å²) in [5, 5.41) is 5.88. The van der Waals surface area contributed by atoms with Crippen LogP contribution in [-0.4, -0.2) is 42.2 Å². The molecule has 1 aliphatic heterocycles. The summed E-state index contributed by atoms with van der Waals surface area (Å²) in [5.41, 5.74) is -2.07. The third-order valence-corrected chi connectivity index (χ3v) is 6.60. The van der Waals surface area contributed by atoms with Crippen molar-refractivity contribution < 1.29 is 36.2 Å². The first-order valence-corrected chi connectivity index (χ1v) is 10.9. The molecule has 6 nitrogen and oxygen atoms in total. The largest absolute Gasteiger partial charge is 0.490 e. The predicted molar refractivity (Wildman–Crippen MR) is 115 cm³/mol. The maximum atomic E-state index is 13.5. The van der Waals surface area contributed by atoms with Crippen LogP contribution in [0, 0.1) is 0 Å². The molecule has 11 heteroatoms. The smallest absolute Gasteiger partial charge is 0.400 e. The Bertz CT molecular complexity index is 932. The molecule has 3 rings (SSSR count). The zero-order valence-electron chi connectivity index (χ0n) is 19.4. The number of halogens is 4. The first-order chi connectivity index (χ1) is 15.2. The molecule has 1 saturated heterocycles. The number of allylic oxidation sites excluding steroid dienone is 3. The predicted octanol–water partition coefficient (Wildman–Crippen LogP) is 5.46. The van der Waals surface area contributed by atoms with Gasteiger partial charge in [0, 0.05) is 6.07 Å². The van der Waals surface area contributed by atoms with Crippen LogP contribution in [0.25, 0.3) is 0 Å². The second-order valence-electron chi connectivity index (χ2n) is 9.52. The van der Waals surface area contributed by atoms with Gasteiger partial charge in [0.2, 0.25) is 5.91 Å². The lowest BCUT2D eigenvalue weighted by molar-refractivity contribution is -0.165. The maximum absolute atomic E-state index is 13.5. The molecular weight excluding hydrogens is 443 g/mol. The molecule has 1 saturated carbocycles. The Morgan fingerprint density at radius 1 is 1.18 bits per heavy atom. The molecule has 0 bridgehead atoms. The van der Waals surface area contributed by atoms with Gasteiger partial charge in [0.15, 0.2) is 11.6 Å². The Morgan fingerprint density at radius 2 is 1.79 bits per heavy atom. The lowest BCUT2D eigenvalue weighted by atomic mass is 9.76. The number of anilines is 1. The summed E-state index contributed by atoms with van der Waals surface area (Å²) in [5.74, 6) is -1.08. The van der Waals surface area contributed by atoms with Crippen LogP contribution in [0.1, 0.15) is 66.1 Å². The Labute approximate surface area is 190 Å². The molecule has 1 amide bonds. The number of alkyl halides is 4. The van der Waals surface area contributed by atoms with E-state index < -0.39 is 42.5 Å². The molecule has 0 aromatic carbocycles. The maximum Gasteiger partial charge on any atom is 0.490 e. The van der Waals surface area contributed by atoms with Crippen LogP contribution in [0.15, 0.2) is 33.8 Å². The molecule has 0 spiro atoms. The van der Waals surface area contributed by atoms with Crippen LogP contribution in [-0.2, 0) is 19.5 Å². The van der Waals surface area contributed by atoms with Crippen LogP contribution in [0.5, 0.6) is 0 Å². The van der Waals surface area contributed by atoms with Crippen molar-refractivity contribution in [3.63, 3.8) is 0 Å². The van der Waals surface area contributed by atoms with Crippen molar-refractivity contribution >= 4 is 18.8 Å². The number of hydrogen-bond acceptors (Lipinski definition) is 5. The average Bonchev–Trinajstić information content (AvgIpc) is 3.35. The zero-order valence-corrected chi connectivity index (χ0v) is 19.4. The number of rotatable bonds is 8. The quantitative estimate of drug-likeness (QED) is 0.309. The van der Waals surface area contributed by atoms with E-state index in [0.29, 0.717) is 6.42 Å². The summed E-state index contributed by atoms with van der Waals surface area (Å²) in [6.07, 6.45) is -1.12. The van der Waals surface area contributed by atoms with Crippen molar-refractivity contribution in [1.82, 2.24) is 5.16 Å². The molecule has 33 heavy (non-hydrogen) atoms. The number of hydrogen-bond donors (Lipinski definition) is 1. The highest BCUT2D eigenvalue weighted by atomic mass is 19.4. The van der Waals surface area contributed by atoms with E-state index in [9.17, 15) is 22.4 Å². The Hall–Kier alpha value is -2.14. The topological polar surface area (TPSA) is 73.6 Å². The molecule has 2 fully saturated rings. The van der Waals surface area contributed by atoms with Crippen LogP contribution in [0.3, 0.4) is 0 Å². The van der Waals surface area contributed by atoms with Gasteiger partial charge < -0.3 is 19.1 Å². The number of nitrogens with one attached hydrogen (secondary N) is 1. The second kappa shape index (κ2) is 8.90. The highest BCUT2D eigenvalue weighted by Gasteiger charge is 2.67. The van der Waals surface area contributed by atoms with Gasteiger partial charge in [0.05, 0.1) is 17.6 Å². The first-order valence-electron chi connectivity index (χ1n) is 10.9. The standard InChI is InChI=1S/C22H29BF4N2O4/c1-6-15(23-32-19(2,3)20(4,5)33-23)8-7-14(13-24)11-18(30)28-17-12-16(31-29-17)21(9-10-21)22(25,26)27/h7-8,12H,6,9-11,13H2,1-5H3,(H,28,29,30)/b14-7-,15-8+. The summed E-state index contributed by atoms with van der Waals surface area (Å²) in [7, 11) is -0.581. The second-order valence-corrected chi connectivity index (χ2v) is 9.52. The van der Waals surface area contributed by atoms with Gasteiger partial charge in [0.25, 0.3) is 0 Å². The molecule has 1 aromatic rings. The normalized spacial score (nSPS) is 21.9. The highest BCUT2D eigenvalue weighted by Crippen LogP contribution is 2.59. The molecule has 2 aliphatic rings. The van der Waals surface area contributed by atoms with Gasteiger partial charge in [0.1, 0.15) is 12.1 Å². The minimum Gasteiger partial charge on any atom is -0.400 e. The van der Waals surface area contributed by atoms with E-state index in [1.54, 1.807) is 6.08 Å². The van der Waals surface area contributed by atoms with E-state index in [1.165, 1.54) is 6.08 Å². The van der Waals surface area contributed by atoms with Gasteiger partial charge in [-0.15, -0.1) is 0 Å². The van der Waals surface area contributed by atoms with Crippen LogP contribution in [0.2, 0.25) is 0 Å². The fourth-order valence-electron chi connectivity index (χ4n) is 3.48. The van der Waals surface area contributed by atoms with Gasteiger partial charge in [-0.3, -0.25) is 4.79 Å². The molecule has 1 N–H and O–H groups in total. The van der Waals surface area contributed by atoms with Crippen molar-refractivity contribution in [1.29, 1.82) is 0 Å². The molecule has 0 atom stereocenters. The van der Waals surface area contributed by atoms with Crippen molar-refractivity contribution in [2.75, 3.05) is 12.0 Å². The van der Waals surface area contributed by atoms with Crippen LogP contribution >= 0.6 is 0 Å². The van der Waals surface area contributed by atoms with E-state index in [1.807, 2.05) is 34.6 Å². The van der Waals surface area contributed by atoms with Crippen LogP contribution < -0.4 is 5.32 Å². The van der Waals surface area contributed by atoms with Crippen molar-refractivity contribution in [2.45, 2.75) is 83.1 Å². The number of amides is 1. The summed E-state index contributed by atoms with van der Waals surface area (Å²) < 4.78 is 70.0. The number of carbonyl (C=O) groups is 1. The fraction of sp³-hybridized carbons (Fsp3) is 0.636. The molecule has 1 aliphatic carbocycles. The lowest BCUT2D eigenvalue weighted by Crippen LogP contribution is -2.41. The van der Waals surface area contributed by atoms with Gasteiger partial charge >= 0.3 is 13.3 Å². The van der Waals surface area contributed by atoms with E-state index in [0.717, 1.165) is 11.5 Å². The first kappa shape index (κ1) is 25.5. The molecule has 0 unspecified atom stereocenters. The Balaban J connectivity index is 1.64. The van der Waals surface area contributed by atoms with E-state index >= 15 is 0 Å². The van der Waals surface area contributed by atoms with Crippen molar-refractivity contribution in [3.8, 4) is 0 Å². The van der Waals surface area contributed by atoms with Crippen molar-refractivity contribution in [2.24, 2.45) is 0 Å². The highest BCUT2D eigenvalue weighted by molar-refractivity contribution is 6.54. The van der Waals surface area contributed by atoms with Crippen LogP contribution in [0.4, 0.5) is 23.4 Å². The fourth-order valence-corrected chi connectivity index (χ4v) is 3.48. The van der Waals surface area contributed by atoms with Gasteiger partial charge in [-0.25, -0.2) is 4.39 Å². The molecule has 2 heterocycles. The number of aromatic nitrogens is 1. The molecule has 1 aromatic heterocycles. The SMILES string of the molecule is CC/C(=C\C=C(/CF)CC(=O)Nc1cc(C2(C(F)(F)F)CC2)on1)B1OC(C)(C)C(C)(C)O1. The van der Waals surface area contributed by atoms with Crippen molar-refractivity contribution in [3.05, 3.63) is 35.0 Å². The van der Waals surface area contributed by atoms with E-state index in [2.05, 4.69) is 10.5 Å². The third kappa shape index (κ3) is 5.19. The van der Waals surface area contributed by atoms with E-state index in [-0.39, 0.29) is 36.4 Å². The molecule has 182 valence electrons. The third-order valence-electron chi connectivity index (χ3n) is 6.60. The van der Waals surface area contributed by atoms with Gasteiger partial charge in [-0.05, 0) is 58.0 Å². The summed E-state index contributed by atoms with van der Waals surface area (Å²) in [6, 6.07) is 1.07.